The van der Waals surface area contributed by atoms with E-state index >= 15 is 4.39 Å². The molecule has 0 atom stereocenters. The van der Waals surface area contributed by atoms with Gasteiger partial charge in [-0.1, -0.05) is 25.6 Å². The third-order valence-electron chi connectivity index (χ3n) is 6.00. The van der Waals surface area contributed by atoms with E-state index in [2.05, 4.69) is 22.0 Å². The second-order valence-corrected chi connectivity index (χ2v) is 8.14. The van der Waals surface area contributed by atoms with Crippen molar-refractivity contribution in [3.8, 4) is 16.9 Å². The molecule has 33 heavy (non-hydrogen) atoms. The highest BCUT2D eigenvalue weighted by Gasteiger charge is 2.21. The van der Waals surface area contributed by atoms with E-state index in [0.717, 1.165) is 40.3 Å². The lowest BCUT2D eigenvalue weighted by Crippen LogP contribution is -2.24. The summed E-state index contributed by atoms with van der Waals surface area (Å²) < 4.78 is 19.7. The number of halogens is 1. The molecule has 9 heteroatoms. The zero-order valence-corrected chi connectivity index (χ0v) is 19.0. The topological polar surface area (TPSA) is 70.5 Å². The first kappa shape index (κ1) is 21.1. The van der Waals surface area contributed by atoms with Crippen LogP contribution in [0, 0.1) is 5.82 Å². The number of aromatic nitrogens is 6. The Bertz CT molecular complexity index is 1580. The summed E-state index contributed by atoms with van der Waals surface area (Å²) in [5.41, 5.74) is 5.35. The molecule has 0 amide bonds. The number of benzene rings is 1. The summed E-state index contributed by atoms with van der Waals surface area (Å²) in [5.74, 6) is -0.566. The van der Waals surface area contributed by atoms with Crippen LogP contribution in [0.1, 0.15) is 19.4 Å². The lowest BCUT2D eigenvalue weighted by molar-refractivity contribution is 0.609. The Labute approximate surface area is 190 Å². The average Bonchev–Trinajstić information content (AvgIpc) is 3.35. The average molecular weight is 441 g/mol. The molecule has 7 nitrogen and oxygen atoms in total. The van der Waals surface area contributed by atoms with Gasteiger partial charge in [0.15, 0.2) is 18.9 Å². The molecule has 165 valence electrons. The molecule has 1 radical (unpaired) electrons. The molecular weight excluding hydrogens is 418 g/mol. The fourth-order valence-electron chi connectivity index (χ4n) is 4.36. The van der Waals surface area contributed by atoms with Crippen LogP contribution in [0.25, 0.3) is 38.9 Å². The Morgan fingerprint density at radius 3 is 2.55 bits per heavy atom. The second kappa shape index (κ2) is 7.99. The van der Waals surface area contributed by atoms with Crippen LogP contribution in [0.5, 0.6) is 0 Å². The number of rotatable bonds is 5. The molecule has 4 aromatic heterocycles. The number of hydrogen-bond donors (Lipinski definition) is 0. The smallest absolute Gasteiger partial charge is 0.293 e. The summed E-state index contributed by atoms with van der Waals surface area (Å²) in [7, 11) is 5.42. The van der Waals surface area contributed by atoms with Crippen molar-refractivity contribution in [2.24, 2.45) is 14.1 Å². The van der Waals surface area contributed by atoms with Crippen molar-refractivity contribution in [2.75, 3.05) is 0 Å². The number of hydrogen-bond acceptors (Lipinski definition) is 4. The van der Waals surface area contributed by atoms with Crippen molar-refractivity contribution in [1.82, 2.24) is 28.9 Å². The molecule has 0 fully saturated rings. The number of pyridine rings is 2. The first-order valence-corrected chi connectivity index (χ1v) is 10.9. The van der Waals surface area contributed by atoms with Gasteiger partial charge in [0.1, 0.15) is 0 Å². The first-order valence-electron chi connectivity index (χ1n) is 10.9. The van der Waals surface area contributed by atoms with Crippen LogP contribution in [0.3, 0.4) is 0 Å². The Morgan fingerprint density at radius 2 is 1.88 bits per heavy atom. The van der Waals surface area contributed by atoms with Crippen molar-refractivity contribution in [2.45, 2.75) is 26.6 Å². The van der Waals surface area contributed by atoms with Crippen LogP contribution >= 0.6 is 0 Å². The largest absolute Gasteiger partial charge is 0.334 e. The van der Waals surface area contributed by atoms with Gasteiger partial charge in [-0.15, -0.1) is 0 Å². The van der Waals surface area contributed by atoms with Crippen LogP contribution in [-0.4, -0.2) is 36.2 Å². The minimum Gasteiger partial charge on any atom is -0.293 e. The molecule has 0 aliphatic heterocycles. The lowest BCUT2D eigenvalue weighted by Gasteiger charge is -2.11. The zero-order chi connectivity index (χ0) is 23.3. The Kier molecular flexibility index (Phi) is 5.11. The lowest BCUT2D eigenvalue weighted by atomic mass is 9.69. The normalized spacial score (nSPS) is 11.5. The van der Waals surface area contributed by atoms with Crippen LogP contribution in [0.2, 0.25) is 6.32 Å². The molecule has 1 aromatic carbocycles. The van der Waals surface area contributed by atoms with E-state index in [1.165, 1.54) is 15.2 Å². The van der Waals surface area contributed by atoms with Gasteiger partial charge in [-0.25, -0.2) is 18.7 Å². The van der Waals surface area contributed by atoms with E-state index in [1.54, 1.807) is 24.1 Å². The van der Waals surface area contributed by atoms with Gasteiger partial charge < -0.3 is 0 Å². The summed E-state index contributed by atoms with van der Waals surface area (Å²) in [5, 5.41) is 5.06. The van der Waals surface area contributed by atoms with Crippen molar-refractivity contribution in [3.05, 3.63) is 64.9 Å². The summed E-state index contributed by atoms with van der Waals surface area (Å²) in [4.78, 5) is 22.2. The molecule has 0 unspecified atom stereocenters. The quantitative estimate of drug-likeness (QED) is 0.393. The maximum atomic E-state index is 15.2. The van der Waals surface area contributed by atoms with E-state index in [9.17, 15) is 4.79 Å². The summed E-state index contributed by atoms with van der Waals surface area (Å²) in [6, 6.07) is 5.46. The van der Waals surface area contributed by atoms with E-state index < -0.39 is 5.82 Å². The van der Waals surface area contributed by atoms with E-state index in [0.29, 0.717) is 16.5 Å². The molecule has 4 heterocycles. The highest BCUT2D eigenvalue weighted by Crippen LogP contribution is 2.32. The molecular formula is C24H23BFN6O. The first-order chi connectivity index (χ1) is 15.9. The molecule has 5 rings (SSSR count). The molecule has 5 aromatic rings. The number of aryl methyl sites for hydroxylation is 3. The highest BCUT2D eigenvalue weighted by atomic mass is 19.1. The van der Waals surface area contributed by atoms with Crippen molar-refractivity contribution >= 4 is 34.7 Å². The van der Waals surface area contributed by atoms with Crippen LogP contribution in [-0.2, 0) is 20.5 Å². The molecule has 0 N–H and O–H groups in total. The maximum absolute atomic E-state index is 15.2. The molecule has 0 spiro atoms. The van der Waals surface area contributed by atoms with E-state index in [4.69, 9.17) is 0 Å². The molecule has 0 aliphatic rings. The molecule has 0 saturated heterocycles. The Hall–Kier alpha value is -3.75. The minimum absolute atomic E-state index is 0.0196. The van der Waals surface area contributed by atoms with Gasteiger partial charge in [0.25, 0.3) is 0 Å². The minimum atomic E-state index is -0.547. The Morgan fingerprint density at radius 1 is 1.06 bits per heavy atom. The summed E-state index contributed by atoms with van der Waals surface area (Å²) >= 11 is 0. The fourth-order valence-corrected chi connectivity index (χ4v) is 4.36. The van der Waals surface area contributed by atoms with Crippen LogP contribution < -0.4 is 11.2 Å². The fraction of sp³-hybridized carbons (Fsp3) is 0.250. The molecule has 0 saturated carbocycles. The highest BCUT2D eigenvalue weighted by molar-refractivity contribution is 6.53. The van der Waals surface area contributed by atoms with E-state index in [1.807, 2.05) is 45.8 Å². The van der Waals surface area contributed by atoms with Crippen molar-refractivity contribution in [3.63, 3.8) is 0 Å². The second-order valence-electron chi connectivity index (χ2n) is 8.14. The standard InChI is InChI=1S/C24H23BFN6O/c1-5-14-7-20-18(9-17(14)15-10-29-30(3)13-15)22-21(12-27-20)31(4)24(33)32(22)23-19(26)8-16(11-28-23)25-6-2/h7-13H,5-6H2,1-4H3. The van der Waals surface area contributed by atoms with Gasteiger partial charge in [0.05, 0.1) is 28.9 Å². The van der Waals surface area contributed by atoms with Gasteiger partial charge in [-0.05, 0) is 35.7 Å². The maximum Gasteiger partial charge on any atom is 0.334 e. The third-order valence-corrected chi connectivity index (χ3v) is 6.00. The predicted molar refractivity (Wildman–Crippen MR) is 129 cm³/mol. The van der Waals surface area contributed by atoms with E-state index in [-0.39, 0.29) is 11.5 Å². The number of nitrogens with zero attached hydrogens (tertiary/aromatic N) is 6. The number of fused-ring (bicyclic) bond motifs is 3. The summed E-state index contributed by atoms with van der Waals surface area (Å²) in [6.07, 6.45) is 8.60. The van der Waals surface area contributed by atoms with Gasteiger partial charge in [0, 0.05) is 37.4 Å². The monoisotopic (exact) mass is 441 g/mol. The van der Waals surface area contributed by atoms with Crippen LogP contribution in [0.4, 0.5) is 4.39 Å². The van der Waals surface area contributed by atoms with Crippen molar-refractivity contribution < 1.29 is 4.39 Å². The van der Waals surface area contributed by atoms with Gasteiger partial charge in [-0.2, -0.15) is 5.10 Å². The zero-order valence-electron chi connectivity index (χ0n) is 19.0. The summed E-state index contributed by atoms with van der Waals surface area (Å²) in [6.45, 7) is 4.07. The number of imidazole rings is 1. The molecule has 0 bridgehead atoms. The predicted octanol–water partition coefficient (Wildman–Crippen LogP) is 3.14. The van der Waals surface area contributed by atoms with Crippen LogP contribution in [0.15, 0.2) is 47.8 Å². The third kappa shape index (κ3) is 3.35. The SMILES string of the molecule is CC[B]c1cnc(-n2c(=O)n(C)c3cnc4cc(CC)c(-c5cnn(C)c5)cc4c32)c(F)c1. The molecule has 0 aliphatic carbocycles. The van der Waals surface area contributed by atoms with Gasteiger partial charge >= 0.3 is 5.69 Å². The Balaban J connectivity index is 1.87. The van der Waals surface area contributed by atoms with Gasteiger partial charge in [-0.3, -0.25) is 14.2 Å². The van der Waals surface area contributed by atoms with Crippen molar-refractivity contribution in [1.29, 1.82) is 0 Å². The van der Waals surface area contributed by atoms with Gasteiger partial charge in [0.2, 0.25) is 0 Å².